The molecule has 9 heteroatoms. The lowest BCUT2D eigenvalue weighted by Gasteiger charge is -2.34. The fourth-order valence-corrected chi connectivity index (χ4v) is 4.26. The Balaban J connectivity index is 1.65. The maximum atomic E-state index is 13.5. The molecular weight excluding hydrogens is 457 g/mol. The molecule has 8 nitrogen and oxygen atoms in total. The number of hydrogen-bond donors (Lipinski definition) is 4. The quantitative estimate of drug-likeness (QED) is 0.361. The minimum Gasteiger partial charge on any atom is -0.352 e. The topological polar surface area (TPSA) is 104 Å². The number of benzene rings is 1. The fourth-order valence-electron chi connectivity index (χ4n) is 4.26. The van der Waals surface area contributed by atoms with Gasteiger partial charge in [0.1, 0.15) is 18.1 Å². The van der Waals surface area contributed by atoms with E-state index in [9.17, 15) is 9.18 Å². The molecule has 0 saturated carbocycles. The summed E-state index contributed by atoms with van der Waals surface area (Å²) in [5.41, 5.74) is 4.19. The van der Waals surface area contributed by atoms with Crippen molar-refractivity contribution in [3.63, 3.8) is 0 Å². The van der Waals surface area contributed by atoms with Gasteiger partial charge in [-0.3, -0.25) is 14.2 Å². The van der Waals surface area contributed by atoms with E-state index < -0.39 is 12.1 Å². The summed E-state index contributed by atoms with van der Waals surface area (Å²) >= 11 is 0. The van der Waals surface area contributed by atoms with Crippen LogP contribution in [0.2, 0.25) is 0 Å². The van der Waals surface area contributed by atoms with Gasteiger partial charge in [-0.2, -0.15) is 4.98 Å². The number of pyridine rings is 1. The number of carbonyl (C=O) groups excluding carboxylic acids is 1. The molecule has 1 amide bonds. The van der Waals surface area contributed by atoms with Crippen molar-refractivity contribution in [1.82, 2.24) is 25.6 Å². The van der Waals surface area contributed by atoms with E-state index in [2.05, 4.69) is 62.2 Å². The Morgan fingerprint density at radius 2 is 1.92 bits per heavy atom. The van der Waals surface area contributed by atoms with Gasteiger partial charge in [-0.25, -0.2) is 4.98 Å². The van der Waals surface area contributed by atoms with Gasteiger partial charge in [-0.05, 0) is 69.1 Å². The number of hydrogen-bond acceptors (Lipinski definition) is 7. The predicted molar refractivity (Wildman–Crippen MR) is 141 cm³/mol. The highest BCUT2D eigenvalue weighted by Crippen LogP contribution is 2.31. The third-order valence-electron chi connectivity index (χ3n) is 6.42. The lowest BCUT2D eigenvalue weighted by Crippen LogP contribution is -2.42. The monoisotopic (exact) mass is 491 g/mol. The first-order valence-corrected chi connectivity index (χ1v) is 12.2. The van der Waals surface area contributed by atoms with Crippen molar-refractivity contribution in [1.29, 1.82) is 0 Å². The second-order valence-electron chi connectivity index (χ2n) is 10.2. The van der Waals surface area contributed by atoms with Gasteiger partial charge in [-0.1, -0.05) is 19.9 Å². The number of fused-ring (bicyclic) bond motifs is 1. The Morgan fingerprint density at radius 1 is 1.14 bits per heavy atom. The van der Waals surface area contributed by atoms with Gasteiger partial charge < -0.3 is 21.3 Å². The summed E-state index contributed by atoms with van der Waals surface area (Å²) in [5.74, 6) is 0.419. The third kappa shape index (κ3) is 5.46. The Morgan fingerprint density at radius 3 is 2.67 bits per heavy atom. The molecule has 0 saturated heterocycles. The fraction of sp³-hybridized carbons (Fsp3) is 0.407. The van der Waals surface area contributed by atoms with Crippen LogP contribution in [-0.4, -0.2) is 40.6 Å². The standard InChI is InChI=1S/C27H34FN7O/c1-6-29-24(36)20-15-31-25(34-18-7-8-21-17(13-18)9-12-32-27(21,4)5)35-23(20)33-19-10-11-30-22(14-19)26(2,3)16-28/h7-8,10-11,13-15,32H,6,9,12,16H2,1-5H3,(H,29,36)(H2,30,31,33,34,35). The van der Waals surface area contributed by atoms with E-state index in [0.717, 1.165) is 18.7 Å². The number of alkyl halides is 1. The van der Waals surface area contributed by atoms with Gasteiger partial charge in [-0.15, -0.1) is 0 Å². The Labute approximate surface area is 211 Å². The molecule has 1 aromatic carbocycles. The SMILES string of the molecule is CCNC(=O)c1cnc(Nc2ccc3c(c2)CCNC3(C)C)nc1Nc1ccnc(C(C)(C)CF)c1. The Kier molecular flexibility index (Phi) is 7.21. The van der Waals surface area contributed by atoms with Crippen LogP contribution in [0.15, 0.2) is 42.7 Å². The van der Waals surface area contributed by atoms with E-state index in [1.807, 2.05) is 13.0 Å². The van der Waals surface area contributed by atoms with Gasteiger partial charge >= 0.3 is 0 Å². The maximum Gasteiger partial charge on any atom is 0.256 e. The van der Waals surface area contributed by atoms with E-state index in [-0.39, 0.29) is 11.4 Å². The van der Waals surface area contributed by atoms with Crippen molar-refractivity contribution in [2.24, 2.45) is 0 Å². The zero-order chi connectivity index (χ0) is 25.9. The van der Waals surface area contributed by atoms with Crippen LogP contribution in [-0.2, 0) is 17.4 Å². The molecule has 190 valence electrons. The average molecular weight is 492 g/mol. The largest absolute Gasteiger partial charge is 0.352 e. The van der Waals surface area contributed by atoms with E-state index in [4.69, 9.17) is 0 Å². The van der Waals surface area contributed by atoms with Crippen LogP contribution in [0.25, 0.3) is 0 Å². The zero-order valence-corrected chi connectivity index (χ0v) is 21.5. The van der Waals surface area contributed by atoms with Crippen molar-refractivity contribution in [2.75, 3.05) is 30.4 Å². The second-order valence-corrected chi connectivity index (χ2v) is 10.2. The van der Waals surface area contributed by atoms with Crippen LogP contribution in [0.3, 0.4) is 0 Å². The molecule has 3 heterocycles. The summed E-state index contributed by atoms with van der Waals surface area (Å²) in [7, 11) is 0. The maximum absolute atomic E-state index is 13.5. The molecule has 1 aliphatic heterocycles. The van der Waals surface area contributed by atoms with Crippen molar-refractivity contribution >= 4 is 29.0 Å². The molecule has 4 rings (SSSR count). The lowest BCUT2D eigenvalue weighted by atomic mass is 9.85. The number of nitrogens with one attached hydrogen (secondary N) is 4. The highest BCUT2D eigenvalue weighted by Gasteiger charge is 2.27. The predicted octanol–water partition coefficient (Wildman–Crippen LogP) is 4.74. The molecule has 0 bridgehead atoms. The van der Waals surface area contributed by atoms with Crippen LogP contribution in [0.1, 0.15) is 61.8 Å². The molecule has 1 aliphatic rings. The molecule has 0 unspecified atom stereocenters. The number of halogens is 1. The first kappa shape index (κ1) is 25.5. The molecule has 4 N–H and O–H groups in total. The average Bonchev–Trinajstić information content (AvgIpc) is 2.84. The number of anilines is 4. The van der Waals surface area contributed by atoms with Gasteiger partial charge in [0.25, 0.3) is 5.91 Å². The summed E-state index contributed by atoms with van der Waals surface area (Å²) < 4.78 is 13.5. The normalized spacial score (nSPS) is 14.6. The molecular formula is C27H34FN7O. The highest BCUT2D eigenvalue weighted by molar-refractivity contribution is 5.99. The molecule has 36 heavy (non-hydrogen) atoms. The Bertz CT molecular complexity index is 1260. The van der Waals surface area contributed by atoms with E-state index >= 15 is 0 Å². The number of nitrogens with zero attached hydrogens (tertiary/aromatic N) is 3. The summed E-state index contributed by atoms with van der Waals surface area (Å²) in [6.07, 6.45) is 4.06. The summed E-state index contributed by atoms with van der Waals surface area (Å²) in [6, 6.07) is 9.79. The van der Waals surface area contributed by atoms with Crippen molar-refractivity contribution in [3.8, 4) is 0 Å². The molecule has 0 radical (unpaired) electrons. The van der Waals surface area contributed by atoms with Gasteiger partial charge in [0, 0.05) is 41.3 Å². The molecule has 0 spiro atoms. The summed E-state index contributed by atoms with van der Waals surface area (Å²) in [6.45, 7) is 10.7. The van der Waals surface area contributed by atoms with E-state index in [0.29, 0.717) is 35.3 Å². The first-order chi connectivity index (χ1) is 17.1. The number of rotatable bonds is 8. The molecule has 0 aliphatic carbocycles. The summed E-state index contributed by atoms with van der Waals surface area (Å²) in [4.78, 5) is 26.0. The summed E-state index contributed by atoms with van der Waals surface area (Å²) in [5, 5.41) is 12.8. The van der Waals surface area contributed by atoms with Crippen LogP contribution in [0.5, 0.6) is 0 Å². The van der Waals surface area contributed by atoms with Gasteiger partial charge in [0.15, 0.2) is 0 Å². The van der Waals surface area contributed by atoms with Crippen LogP contribution in [0, 0.1) is 0 Å². The second kappa shape index (κ2) is 10.2. The minimum atomic E-state index is -0.727. The lowest BCUT2D eigenvalue weighted by molar-refractivity contribution is 0.0956. The number of aromatic nitrogens is 3. The third-order valence-corrected chi connectivity index (χ3v) is 6.42. The van der Waals surface area contributed by atoms with Crippen LogP contribution >= 0.6 is 0 Å². The minimum absolute atomic E-state index is 0.0753. The molecule has 2 aromatic heterocycles. The van der Waals surface area contributed by atoms with E-state index in [1.165, 1.54) is 17.3 Å². The van der Waals surface area contributed by atoms with Crippen molar-refractivity contribution in [3.05, 3.63) is 65.1 Å². The molecule has 3 aromatic rings. The molecule has 0 fully saturated rings. The number of carbonyl (C=O) groups is 1. The molecule has 0 atom stereocenters. The van der Waals surface area contributed by atoms with Gasteiger partial charge in [0.2, 0.25) is 5.95 Å². The first-order valence-electron chi connectivity index (χ1n) is 12.2. The van der Waals surface area contributed by atoms with Gasteiger partial charge in [0.05, 0.1) is 5.69 Å². The number of amides is 1. The van der Waals surface area contributed by atoms with Crippen LogP contribution in [0.4, 0.5) is 27.5 Å². The zero-order valence-electron chi connectivity index (χ0n) is 21.5. The van der Waals surface area contributed by atoms with Crippen molar-refractivity contribution < 1.29 is 9.18 Å². The highest BCUT2D eigenvalue weighted by atomic mass is 19.1. The van der Waals surface area contributed by atoms with Crippen molar-refractivity contribution in [2.45, 2.75) is 52.0 Å². The van der Waals surface area contributed by atoms with Crippen LogP contribution < -0.4 is 21.3 Å². The smallest absolute Gasteiger partial charge is 0.256 e. The Hall–Kier alpha value is -3.59. The van der Waals surface area contributed by atoms with E-state index in [1.54, 1.807) is 32.2 Å².